The summed E-state index contributed by atoms with van der Waals surface area (Å²) in [7, 11) is 0. The molecule has 2 rings (SSSR count). The van der Waals surface area contributed by atoms with Gasteiger partial charge in [0.15, 0.2) is 0 Å². The van der Waals surface area contributed by atoms with Crippen LogP contribution in [0.25, 0.3) is 5.65 Å². The van der Waals surface area contributed by atoms with Gasteiger partial charge in [-0.1, -0.05) is 0 Å². The zero-order valence-corrected chi connectivity index (χ0v) is 6.27. The Hall–Kier alpha value is -1.84. The second-order valence-electron chi connectivity index (χ2n) is 2.48. The average molecular weight is 162 g/mol. The van der Waals surface area contributed by atoms with Crippen molar-refractivity contribution in [3.63, 3.8) is 0 Å². The summed E-state index contributed by atoms with van der Waals surface area (Å²) in [5.74, 6) is -0.460. The number of hydrogen-bond donors (Lipinski definition) is 1. The van der Waals surface area contributed by atoms with Gasteiger partial charge >= 0.3 is 1.43 Å². The third kappa shape index (κ3) is 0.934. The van der Waals surface area contributed by atoms with Crippen LogP contribution in [-0.2, 0) is 0 Å². The van der Waals surface area contributed by atoms with E-state index in [1.54, 1.807) is 10.6 Å². The van der Waals surface area contributed by atoms with E-state index in [1.165, 1.54) is 6.20 Å². The van der Waals surface area contributed by atoms with Crippen LogP contribution in [0.5, 0.6) is 0 Å². The first-order valence-electron chi connectivity index (χ1n) is 3.50. The van der Waals surface area contributed by atoms with Gasteiger partial charge in [0, 0.05) is 18.6 Å². The lowest BCUT2D eigenvalue weighted by atomic mass is 10.3. The fourth-order valence-corrected chi connectivity index (χ4v) is 1.05. The minimum Gasteiger partial charge on any atom is -0.366 e. The maximum absolute atomic E-state index is 10.7. The van der Waals surface area contributed by atoms with Gasteiger partial charge in [0.05, 0.1) is 5.56 Å². The van der Waals surface area contributed by atoms with Crippen molar-refractivity contribution in [1.82, 2.24) is 9.38 Å². The normalized spacial score (nSPS) is 10.3. The largest absolute Gasteiger partial charge is 1.00 e. The molecular weight excluding hydrogens is 154 g/mol. The van der Waals surface area contributed by atoms with E-state index in [-0.39, 0.29) is 1.43 Å². The molecule has 0 atom stereocenters. The number of hydrogen-bond acceptors (Lipinski definition) is 2. The highest BCUT2D eigenvalue weighted by atomic mass is 16.1. The SMILES string of the molecule is NC(=O)c1cnc2cccn2c1.[H+]. The first-order chi connectivity index (χ1) is 5.77. The van der Waals surface area contributed by atoms with Crippen molar-refractivity contribution in [1.29, 1.82) is 0 Å². The predicted octanol–water partition coefficient (Wildman–Crippen LogP) is 0.546. The second kappa shape index (κ2) is 2.34. The maximum atomic E-state index is 10.7. The van der Waals surface area contributed by atoms with Crippen LogP contribution in [0.1, 0.15) is 11.8 Å². The standard InChI is InChI=1S/C8H7N3O/c9-8(12)6-4-10-7-2-1-3-11(7)5-6/h1-5H,(H2,9,12)/p+1. The third-order valence-electron chi connectivity index (χ3n) is 1.66. The molecule has 0 spiro atoms. The topological polar surface area (TPSA) is 60.4 Å². The molecule has 12 heavy (non-hydrogen) atoms. The maximum Gasteiger partial charge on any atom is 1.00 e. The fraction of sp³-hybridized carbons (Fsp3) is 0. The molecule has 0 unspecified atom stereocenters. The molecule has 2 N–H and O–H groups in total. The minimum absolute atomic E-state index is 0. The van der Waals surface area contributed by atoms with Crippen molar-refractivity contribution in [2.24, 2.45) is 5.73 Å². The third-order valence-corrected chi connectivity index (χ3v) is 1.66. The van der Waals surface area contributed by atoms with Gasteiger partial charge in [-0.05, 0) is 12.1 Å². The van der Waals surface area contributed by atoms with Crippen LogP contribution >= 0.6 is 0 Å². The fourth-order valence-electron chi connectivity index (χ4n) is 1.05. The Balaban J connectivity index is 0.000000845. The lowest BCUT2D eigenvalue weighted by molar-refractivity contribution is 0.0999. The number of amides is 1. The van der Waals surface area contributed by atoms with Gasteiger partial charge in [-0.25, -0.2) is 4.98 Å². The summed E-state index contributed by atoms with van der Waals surface area (Å²) in [5.41, 5.74) is 6.30. The molecule has 0 aliphatic rings. The van der Waals surface area contributed by atoms with Crippen molar-refractivity contribution in [3.8, 4) is 0 Å². The van der Waals surface area contributed by atoms with E-state index in [0.29, 0.717) is 5.56 Å². The minimum atomic E-state index is -0.460. The molecule has 4 nitrogen and oxygen atoms in total. The molecular formula is C8H8N3O+. The molecule has 0 aromatic carbocycles. The summed E-state index contributed by atoms with van der Waals surface area (Å²) in [6.45, 7) is 0. The Morgan fingerprint density at radius 1 is 1.67 bits per heavy atom. The zero-order valence-electron chi connectivity index (χ0n) is 7.27. The van der Waals surface area contributed by atoms with Gasteiger partial charge in [-0.3, -0.25) is 4.79 Å². The number of nitrogens with zero attached hydrogens (tertiary/aromatic N) is 2. The number of fused-ring (bicyclic) bond motifs is 1. The highest BCUT2D eigenvalue weighted by Crippen LogP contribution is 2.02. The molecule has 0 fully saturated rings. The summed E-state index contributed by atoms with van der Waals surface area (Å²) >= 11 is 0. The van der Waals surface area contributed by atoms with Crippen LogP contribution in [-0.4, -0.2) is 15.3 Å². The Morgan fingerprint density at radius 2 is 2.50 bits per heavy atom. The van der Waals surface area contributed by atoms with Crippen LogP contribution in [0.2, 0.25) is 0 Å². The van der Waals surface area contributed by atoms with E-state index < -0.39 is 5.91 Å². The molecule has 2 aromatic heterocycles. The summed E-state index contributed by atoms with van der Waals surface area (Å²) < 4.78 is 1.75. The molecule has 0 bridgehead atoms. The van der Waals surface area contributed by atoms with Crippen LogP contribution in [0, 0.1) is 0 Å². The summed E-state index contributed by atoms with van der Waals surface area (Å²) in [4.78, 5) is 14.8. The Labute approximate surface area is 70.1 Å². The molecule has 0 aliphatic heterocycles. The Bertz CT molecular complexity index is 438. The number of rotatable bonds is 1. The van der Waals surface area contributed by atoms with Crippen molar-refractivity contribution < 1.29 is 6.22 Å². The van der Waals surface area contributed by atoms with Gasteiger partial charge in [0.1, 0.15) is 5.65 Å². The number of aromatic nitrogens is 2. The molecule has 0 saturated carbocycles. The first kappa shape index (κ1) is 6.84. The van der Waals surface area contributed by atoms with E-state index >= 15 is 0 Å². The number of carbonyl (C=O) groups excluding carboxylic acids is 1. The summed E-state index contributed by atoms with van der Waals surface area (Å²) in [5, 5.41) is 0. The molecule has 2 heterocycles. The van der Waals surface area contributed by atoms with Crippen molar-refractivity contribution in [3.05, 3.63) is 36.3 Å². The van der Waals surface area contributed by atoms with Crippen LogP contribution in [0.15, 0.2) is 30.7 Å². The summed E-state index contributed by atoms with van der Waals surface area (Å²) in [6.07, 6.45) is 4.94. The van der Waals surface area contributed by atoms with Gasteiger partial charge in [0.25, 0.3) is 5.91 Å². The Kier molecular flexibility index (Phi) is 1.33. The lowest BCUT2D eigenvalue weighted by Gasteiger charge is -1.96. The molecule has 2 aromatic rings. The van der Waals surface area contributed by atoms with Gasteiger partial charge in [-0.2, -0.15) is 0 Å². The van der Waals surface area contributed by atoms with Gasteiger partial charge < -0.3 is 10.1 Å². The van der Waals surface area contributed by atoms with Gasteiger partial charge in [-0.15, -0.1) is 0 Å². The molecule has 4 heteroatoms. The Morgan fingerprint density at radius 3 is 3.25 bits per heavy atom. The van der Waals surface area contributed by atoms with Crippen LogP contribution in [0.4, 0.5) is 0 Å². The summed E-state index contributed by atoms with van der Waals surface area (Å²) in [6, 6.07) is 3.71. The smallest absolute Gasteiger partial charge is 0.366 e. The monoisotopic (exact) mass is 162 g/mol. The lowest BCUT2D eigenvalue weighted by Crippen LogP contribution is -2.12. The van der Waals surface area contributed by atoms with Gasteiger partial charge in [0.2, 0.25) is 0 Å². The van der Waals surface area contributed by atoms with E-state index in [9.17, 15) is 4.79 Å². The van der Waals surface area contributed by atoms with Crippen molar-refractivity contribution >= 4 is 11.6 Å². The van der Waals surface area contributed by atoms with Crippen molar-refractivity contribution in [2.45, 2.75) is 0 Å². The highest BCUT2D eigenvalue weighted by molar-refractivity contribution is 5.92. The molecule has 1 amide bonds. The molecule has 60 valence electrons. The van der Waals surface area contributed by atoms with E-state index in [1.807, 2.05) is 18.3 Å². The predicted molar refractivity (Wildman–Crippen MR) is 44.8 cm³/mol. The molecule has 0 aliphatic carbocycles. The quantitative estimate of drug-likeness (QED) is 0.665. The molecule has 0 radical (unpaired) electrons. The van der Waals surface area contributed by atoms with Crippen molar-refractivity contribution in [2.75, 3.05) is 0 Å². The number of nitrogens with two attached hydrogens (primary N) is 1. The van der Waals surface area contributed by atoms with E-state index in [2.05, 4.69) is 4.98 Å². The van der Waals surface area contributed by atoms with Crippen LogP contribution in [0.3, 0.4) is 0 Å². The van der Waals surface area contributed by atoms with E-state index in [4.69, 9.17) is 5.73 Å². The highest BCUT2D eigenvalue weighted by Gasteiger charge is 2.00. The average Bonchev–Trinajstić information content (AvgIpc) is 2.49. The second-order valence-corrected chi connectivity index (χ2v) is 2.48. The number of primary amides is 1. The molecule has 0 saturated heterocycles. The van der Waals surface area contributed by atoms with Crippen LogP contribution < -0.4 is 5.73 Å². The zero-order chi connectivity index (χ0) is 8.55. The van der Waals surface area contributed by atoms with E-state index in [0.717, 1.165) is 5.65 Å². The number of carbonyl (C=O) groups is 1. The first-order valence-corrected chi connectivity index (χ1v) is 3.50.